The lowest BCUT2D eigenvalue weighted by Gasteiger charge is -2.46. The summed E-state index contributed by atoms with van der Waals surface area (Å²) in [5, 5.41) is 11.4. The van der Waals surface area contributed by atoms with Crippen LogP contribution in [0.25, 0.3) is 0 Å². The van der Waals surface area contributed by atoms with Gasteiger partial charge in [0.25, 0.3) is 0 Å². The number of hydrogen-bond acceptors (Lipinski definition) is 10. The zero-order valence-corrected chi connectivity index (χ0v) is 30.4. The number of carbonyl (C=O) groups is 2. The van der Waals surface area contributed by atoms with Gasteiger partial charge in [-0.1, -0.05) is 13.8 Å². The maximum Gasteiger partial charge on any atom is 0.319 e. The topological polar surface area (TPSA) is 101 Å². The van der Waals surface area contributed by atoms with E-state index in [1.165, 1.54) is 0 Å². The molecule has 3 aliphatic heterocycles. The second-order valence-corrected chi connectivity index (χ2v) is 15.8. The Labute approximate surface area is 273 Å². The van der Waals surface area contributed by atoms with Crippen LogP contribution in [0, 0.1) is 29.1 Å². The number of likely N-dealkylation sites (tertiary alicyclic amines) is 1. The molecule has 0 spiro atoms. The number of aliphatic hydroxyl groups is 1. The first kappa shape index (κ1) is 38.3. The van der Waals surface area contributed by atoms with Gasteiger partial charge in [0.15, 0.2) is 12.1 Å². The number of rotatable bonds is 7. The molecule has 3 rings (SSSR count). The predicted octanol–water partition coefficient (Wildman–Crippen LogP) is 3.69. The molecule has 3 saturated heterocycles. The smallest absolute Gasteiger partial charge is 0.319 e. The minimum absolute atomic E-state index is 0.0313. The summed E-state index contributed by atoms with van der Waals surface area (Å²) in [5.74, 6) is -1.07. The van der Waals surface area contributed by atoms with Crippen LogP contribution < -0.4 is 0 Å². The number of cyclic esters (lactones) is 1. The molecule has 10 nitrogen and oxygen atoms in total. The maximum absolute atomic E-state index is 14.3. The largest absolute Gasteiger partial charge is 0.463 e. The lowest BCUT2D eigenvalue weighted by atomic mass is 9.74. The van der Waals surface area contributed by atoms with Crippen molar-refractivity contribution in [2.75, 3.05) is 61.0 Å². The Kier molecular flexibility index (Phi) is 13.5. The number of likely N-dealkylation sites (N-methyl/N-ethyl adjacent to an activating group) is 1. The average molecular weight is 640 g/mol. The molecule has 0 unspecified atom stereocenters. The second-order valence-electron chi connectivity index (χ2n) is 15.8. The van der Waals surface area contributed by atoms with E-state index in [9.17, 15) is 14.7 Å². The Morgan fingerprint density at radius 1 is 1.11 bits per heavy atom. The van der Waals surface area contributed by atoms with E-state index in [0.717, 1.165) is 32.5 Å². The maximum atomic E-state index is 14.3. The number of hydrogen-bond donors (Lipinski definition) is 1. The molecule has 0 bridgehead atoms. The number of esters is 1. The average Bonchev–Trinajstić information content (AvgIpc) is 2.96. The molecule has 3 aliphatic rings. The van der Waals surface area contributed by atoms with Crippen molar-refractivity contribution in [1.82, 2.24) is 14.7 Å². The van der Waals surface area contributed by atoms with Crippen molar-refractivity contribution in [2.45, 2.75) is 123 Å². The minimum Gasteiger partial charge on any atom is -0.463 e. The number of aliphatic hydroxyl groups excluding tert-OH is 1. The van der Waals surface area contributed by atoms with Gasteiger partial charge in [-0.2, -0.15) is 0 Å². The highest BCUT2D eigenvalue weighted by Crippen LogP contribution is 2.39. The van der Waals surface area contributed by atoms with E-state index in [1.54, 1.807) is 27.9 Å². The molecule has 45 heavy (non-hydrogen) atoms. The van der Waals surface area contributed by atoms with Gasteiger partial charge in [-0.3, -0.25) is 14.5 Å². The number of ether oxygens (including phenoxy) is 4. The Hall–Kier alpha value is -1.14. The fraction of sp³-hybridized carbons (Fsp3) is 0.943. The van der Waals surface area contributed by atoms with E-state index in [1.807, 2.05) is 27.9 Å². The van der Waals surface area contributed by atoms with Gasteiger partial charge < -0.3 is 33.9 Å². The van der Waals surface area contributed by atoms with Crippen LogP contribution in [-0.4, -0.2) is 135 Å². The minimum atomic E-state index is -1.40. The van der Waals surface area contributed by atoms with E-state index >= 15 is 0 Å². The van der Waals surface area contributed by atoms with E-state index < -0.39 is 41.4 Å². The van der Waals surface area contributed by atoms with E-state index in [0.29, 0.717) is 31.3 Å². The van der Waals surface area contributed by atoms with Gasteiger partial charge in [-0.25, -0.2) is 0 Å². The molecule has 0 saturated carbocycles. The van der Waals surface area contributed by atoms with Crippen LogP contribution in [0.3, 0.4) is 0 Å². The van der Waals surface area contributed by atoms with Crippen molar-refractivity contribution in [2.24, 2.45) is 29.1 Å². The number of piperidine rings is 1. The van der Waals surface area contributed by atoms with Crippen LogP contribution in [0.4, 0.5) is 0 Å². The van der Waals surface area contributed by atoms with Crippen LogP contribution in [-0.2, 0) is 28.5 Å². The molecule has 10 atom stereocenters. The monoisotopic (exact) mass is 639 g/mol. The van der Waals surface area contributed by atoms with Crippen molar-refractivity contribution in [3.8, 4) is 0 Å². The molecule has 0 radical (unpaired) electrons. The highest BCUT2D eigenvalue weighted by atomic mass is 16.7. The van der Waals surface area contributed by atoms with Crippen LogP contribution in [0.5, 0.6) is 0 Å². The molecule has 0 aromatic carbocycles. The zero-order chi connectivity index (χ0) is 33.9. The molecule has 0 amide bonds. The van der Waals surface area contributed by atoms with Gasteiger partial charge in [0.1, 0.15) is 18.1 Å². The lowest BCUT2D eigenvalue weighted by Crippen LogP contribution is -2.57. The Morgan fingerprint density at radius 3 is 2.38 bits per heavy atom. The van der Waals surface area contributed by atoms with E-state index in [4.69, 9.17) is 18.9 Å². The summed E-state index contributed by atoms with van der Waals surface area (Å²) in [6.45, 7) is 19.5. The van der Waals surface area contributed by atoms with Gasteiger partial charge in [-0.15, -0.1) is 0 Å². The molecule has 3 fully saturated rings. The summed E-state index contributed by atoms with van der Waals surface area (Å²) >= 11 is 0. The second kappa shape index (κ2) is 15.8. The first-order valence-corrected chi connectivity index (χ1v) is 17.3. The van der Waals surface area contributed by atoms with Crippen molar-refractivity contribution in [3.05, 3.63) is 0 Å². The van der Waals surface area contributed by atoms with Crippen molar-refractivity contribution >= 4 is 11.8 Å². The molecule has 10 heteroatoms. The summed E-state index contributed by atoms with van der Waals surface area (Å²) in [4.78, 5) is 34.9. The van der Waals surface area contributed by atoms with Crippen LogP contribution in [0.15, 0.2) is 0 Å². The number of ketones is 1. The first-order valence-electron chi connectivity index (χ1n) is 17.3. The van der Waals surface area contributed by atoms with Crippen LogP contribution >= 0.6 is 0 Å². The standard InChI is InChI=1S/C35H65N3O7/c1-22(2)38-15-13-14-26(20-38)28-21-43-33(41)34(6,7)30(40)25(5)31(35(8,42-12)17-23(3)18-37(28)11)45-32-29(39)27(19-36(9)10)16-24(4)44-32/h22-29,31-32,39H,13-21H2,1-12H3/t23-,24-,25+,26+,27-,28-,29-,31-,32+,35-/m1/s1. The summed E-state index contributed by atoms with van der Waals surface area (Å²) < 4.78 is 25.2. The fourth-order valence-electron chi connectivity index (χ4n) is 8.15. The van der Waals surface area contributed by atoms with Crippen molar-refractivity contribution in [3.63, 3.8) is 0 Å². The van der Waals surface area contributed by atoms with Crippen molar-refractivity contribution in [1.29, 1.82) is 0 Å². The normalized spacial score (nSPS) is 40.1. The third kappa shape index (κ3) is 9.27. The Balaban J connectivity index is 1.98. The van der Waals surface area contributed by atoms with Crippen LogP contribution in [0.2, 0.25) is 0 Å². The van der Waals surface area contributed by atoms with Gasteiger partial charge in [0.2, 0.25) is 0 Å². The number of carbonyl (C=O) groups excluding carboxylic acids is 2. The molecule has 0 aromatic heterocycles. The van der Waals surface area contributed by atoms with E-state index in [2.05, 4.69) is 42.5 Å². The Morgan fingerprint density at radius 2 is 1.78 bits per heavy atom. The number of nitrogens with zero attached hydrogens (tertiary/aromatic N) is 3. The third-order valence-electron chi connectivity index (χ3n) is 10.8. The molecule has 262 valence electrons. The quantitative estimate of drug-likeness (QED) is 0.328. The lowest BCUT2D eigenvalue weighted by molar-refractivity contribution is -0.297. The fourth-order valence-corrected chi connectivity index (χ4v) is 8.15. The van der Waals surface area contributed by atoms with Crippen molar-refractivity contribution < 1.29 is 33.6 Å². The summed E-state index contributed by atoms with van der Waals surface area (Å²) in [7, 11) is 7.75. The molecular weight excluding hydrogens is 574 g/mol. The summed E-state index contributed by atoms with van der Waals surface area (Å²) in [6.07, 6.45) is 0.791. The molecule has 3 heterocycles. The van der Waals surface area contributed by atoms with E-state index in [-0.39, 0.29) is 36.4 Å². The zero-order valence-electron chi connectivity index (χ0n) is 30.4. The molecule has 0 aromatic rings. The highest BCUT2D eigenvalue weighted by molar-refractivity contribution is 6.04. The molecule has 0 aliphatic carbocycles. The summed E-state index contributed by atoms with van der Waals surface area (Å²) in [6, 6.07) is 0.489. The SMILES string of the molecule is CO[C@]1(C)C[C@@H](C)CN(C)[C@@H]([C@H]2CCCN(C(C)C)C2)COC(=O)C(C)(C)C(=O)[C@H](C)[C@H]1O[C@@H]1O[C@H](C)C[C@H](CN(C)C)[C@H]1O. The number of methoxy groups -OCH3 is 1. The summed E-state index contributed by atoms with van der Waals surface area (Å²) in [5.41, 5.74) is -2.30. The first-order chi connectivity index (χ1) is 20.9. The van der Waals surface area contributed by atoms with Crippen LogP contribution in [0.1, 0.15) is 81.1 Å². The van der Waals surface area contributed by atoms with Gasteiger partial charge in [-0.05, 0) is 107 Å². The Bertz CT molecular complexity index is 975. The third-order valence-corrected chi connectivity index (χ3v) is 10.8. The molecular formula is C35H65N3O7. The highest BCUT2D eigenvalue weighted by Gasteiger charge is 2.51. The van der Waals surface area contributed by atoms with Gasteiger partial charge in [0.05, 0.1) is 17.8 Å². The van der Waals surface area contributed by atoms with Gasteiger partial charge in [0, 0.05) is 50.7 Å². The number of Topliss-reactive ketones (excluding diaryl/α,β-unsaturated/α-hetero) is 1. The van der Waals surface area contributed by atoms with Gasteiger partial charge >= 0.3 is 5.97 Å². The molecule has 1 N–H and O–H groups in total. The predicted molar refractivity (Wildman–Crippen MR) is 176 cm³/mol.